The van der Waals surface area contributed by atoms with E-state index in [0.29, 0.717) is 8.04 Å². The molecular weight excluding hydrogens is 378 g/mol. The summed E-state index contributed by atoms with van der Waals surface area (Å²) in [6.45, 7) is 0. The maximum Gasteiger partial charge on any atom is 0.266 e. The summed E-state index contributed by atoms with van der Waals surface area (Å²) in [5.74, 6) is 0.00293. The molecule has 1 rings (SSSR count). The van der Waals surface area contributed by atoms with Crippen molar-refractivity contribution in [2.24, 2.45) is 0 Å². The van der Waals surface area contributed by atoms with Crippen molar-refractivity contribution in [3.05, 3.63) is 25.5 Å². The quantitative estimate of drug-likeness (QED) is 0.554. The summed E-state index contributed by atoms with van der Waals surface area (Å²) in [4.78, 5) is 3.82. The summed E-state index contributed by atoms with van der Waals surface area (Å²) in [6, 6.07) is 0. The molecule has 0 radical (unpaired) electrons. The molecule has 0 aliphatic carbocycles. The lowest BCUT2D eigenvalue weighted by molar-refractivity contribution is 0.149. The highest BCUT2D eigenvalue weighted by atomic mass is 127. The zero-order chi connectivity index (χ0) is 10.0. The Bertz CT molecular complexity index is 322. The first-order chi connectivity index (χ1) is 6.07. The van der Waals surface area contributed by atoms with E-state index in [0.717, 1.165) is 0 Å². The highest BCUT2D eigenvalue weighted by Crippen LogP contribution is 2.32. The lowest BCUT2D eigenvalue weighted by atomic mass is 10.2. The number of alkyl halides is 3. The van der Waals surface area contributed by atoms with Gasteiger partial charge in [-0.25, -0.2) is 8.78 Å². The van der Waals surface area contributed by atoms with Crippen LogP contribution >= 0.6 is 50.1 Å². The zero-order valence-electron chi connectivity index (χ0n) is 6.20. The molecule has 0 saturated carbocycles. The van der Waals surface area contributed by atoms with Crippen LogP contribution in [0.2, 0.25) is 0 Å². The molecule has 0 N–H and O–H groups in total. The van der Waals surface area contributed by atoms with Gasteiger partial charge >= 0.3 is 0 Å². The van der Waals surface area contributed by atoms with Crippen LogP contribution in [0, 0.1) is 3.57 Å². The summed E-state index contributed by atoms with van der Waals surface area (Å²) in [5.41, 5.74) is 0.161. The summed E-state index contributed by atoms with van der Waals surface area (Å²) in [7, 11) is 0. The number of hydrogen-bond acceptors (Lipinski definition) is 1. The van der Waals surface area contributed by atoms with Crippen LogP contribution in [0.1, 0.15) is 17.7 Å². The van der Waals surface area contributed by atoms with Gasteiger partial charge in [0.05, 0.1) is 17.1 Å². The fourth-order valence-electron chi connectivity index (χ4n) is 0.844. The Morgan fingerprint density at radius 3 is 2.69 bits per heavy atom. The van der Waals surface area contributed by atoms with Gasteiger partial charge in [-0.2, -0.15) is 0 Å². The first-order valence-corrected chi connectivity index (χ1v) is 5.65. The maximum absolute atomic E-state index is 12.5. The van der Waals surface area contributed by atoms with E-state index in [4.69, 9.17) is 11.6 Å². The van der Waals surface area contributed by atoms with E-state index in [-0.39, 0.29) is 17.1 Å². The number of nitrogens with zero attached hydrogens (tertiary/aromatic N) is 1. The molecule has 0 atom stereocenters. The van der Waals surface area contributed by atoms with Crippen LogP contribution in [0.5, 0.6) is 0 Å². The lowest BCUT2D eigenvalue weighted by Gasteiger charge is -2.08. The van der Waals surface area contributed by atoms with Crippen molar-refractivity contribution in [1.29, 1.82) is 0 Å². The van der Waals surface area contributed by atoms with Gasteiger partial charge in [0.25, 0.3) is 6.43 Å². The van der Waals surface area contributed by atoms with Crippen LogP contribution in [-0.4, -0.2) is 4.98 Å². The Morgan fingerprint density at radius 1 is 1.62 bits per heavy atom. The molecule has 1 aromatic heterocycles. The zero-order valence-corrected chi connectivity index (χ0v) is 10.7. The third kappa shape index (κ3) is 2.50. The van der Waals surface area contributed by atoms with Crippen molar-refractivity contribution in [3.8, 4) is 0 Å². The largest absolute Gasteiger partial charge is 0.266 e. The van der Waals surface area contributed by atoms with Gasteiger partial charge < -0.3 is 0 Å². The average molecular weight is 382 g/mol. The monoisotopic (exact) mass is 381 g/mol. The van der Waals surface area contributed by atoms with Gasteiger partial charge in [-0.3, -0.25) is 4.98 Å². The highest BCUT2D eigenvalue weighted by Gasteiger charge is 2.19. The molecule has 0 amide bonds. The molecule has 0 bridgehead atoms. The maximum atomic E-state index is 12.5. The number of hydrogen-bond donors (Lipinski definition) is 0. The van der Waals surface area contributed by atoms with E-state index in [1.54, 1.807) is 0 Å². The van der Waals surface area contributed by atoms with Crippen molar-refractivity contribution in [1.82, 2.24) is 4.98 Å². The number of pyridine rings is 1. The van der Waals surface area contributed by atoms with E-state index >= 15 is 0 Å². The van der Waals surface area contributed by atoms with Gasteiger partial charge in [-0.15, -0.1) is 11.6 Å². The first-order valence-electron chi connectivity index (χ1n) is 3.24. The first kappa shape index (κ1) is 11.6. The minimum Gasteiger partial charge on any atom is -0.258 e. The van der Waals surface area contributed by atoms with Gasteiger partial charge in [0.2, 0.25) is 0 Å². The molecule has 6 heteroatoms. The van der Waals surface area contributed by atoms with Crippen LogP contribution in [0.3, 0.4) is 0 Å². The fraction of sp³-hybridized carbons (Fsp3) is 0.286. The van der Waals surface area contributed by atoms with Crippen LogP contribution in [-0.2, 0) is 5.88 Å². The van der Waals surface area contributed by atoms with E-state index in [2.05, 4.69) is 20.9 Å². The Morgan fingerprint density at radius 2 is 2.23 bits per heavy atom. The SMILES string of the molecule is FC(F)c1c(CCl)ncc(Br)c1I. The molecule has 0 aliphatic rings. The van der Waals surface area contributed by atoms with Crippen LogP contribution in [0.4, 0.5) is 8.78 Å². The minimum absolute atomic E-state index is 0.00293. The summed E-state index contributed by atoms with van der Waals surface area (Å²) < 4.78 is 26.1. The lowest BCUT2D eigenvalue weighted by Crippen LogP contribution is -2.00. The molecule has 0 saturated heterocycles. The van der Waals surface area contributed by atoms with Crippen molar-refractivity contribution >= 4 is 50.1 Å². The van der Waals surface area contributed by atoms with Crippen molar-refractivity contribution in [2.45, 2.75) is 12.3 Å². The molecule has 0 fully saturated rings. The Hall–Kier alpha value is 0.510. The molecule has 1 nitrogen and oxygen atoms in total. The Balaban J connectivity index is 3.32. The summed E-state index contributed by atoms with van der Waals surface area (Å²) in [6.07, 6.45) is -1.06. The minimum atomic E-state index is -2.54. The Kier molecular flexibility index (Phi) is 4.31. The second-order valence-corrected chi connectivity index (χ2v) is 4.42. The smallest absolute Gasteiger partial charge is 0.258 e. The molecule has 0 aromatic carbocycles. The van der Waals surface area contributed by atoms with E-state index in [1.807, 2.05) is 22.6 Å². The van der Waals surface area contributed by atoms with Crippen molar-refractivity contribution in [3.63, 3.8) is 0 Å². The van der Waals surface area contributed by atoms with Gasteiger partial charge in [-0.1, -0.05) is 0 Å². The van der Waals surface area contributed by atoms with Gasteiger partial charge in [0, 0.05) is 14.2 Å². The number of rotatable bonds is 2. The summed E-state index contributed by atoms with van der Waals surface area (Å²) >= 11 is 10.5. The van der Waals surface area contributed by atoms with Crippen LogP contribution < -0.4 is 0 Å². The average Bonchev–Trinajstić information content (AvgIpc) is 2.08. The van der Waals surface area contributed by atoms with Gasteiger partial charge in [-0.05, 0) is 38.5 Å². The van der Waals surface area contributed by atoms with Crippen molar-refractivity contribution < 1.29 is 8.78 Å². The molecule has 1 aromatic rings. The number of halogens is 5. The second-order valence-electron chi connectivity index (χ2n) is 2.21. The topological polar surface area (TPSA) is 12.9 Å². The molecule has 72 valence electrons. The third-order valence-corrected chi connectivity index (χ3v) is 4.19. The second kappa shape index (κ2) is 4.84. The van der Waals surface area contributed by atoms with E-state index < -0.39 is 6.43 Å². The highest BCUT2D eigenvalue weighted by molar-refractivity contribution is 14.1. The predicted molar refractivity (Wildman–Crippen MR) is 59.2 cm³/mol. The molecule has 0 aliphatic heterocycles. The fourth-order valence-corrected chi connectivity index (χ4v) is 2.06. The standard InChI is InChI=1S/C7H4BrClF2IN/c8-3-2-13-4(1-9)5(6(3)12)7(10)11/h2,7H,1H2. The van der Waals surface area contributed by atoms with Crippen LogP contribution in [0.15, 0.2) is 10.7 Å². The van der Waals surface area contributed by atoms with Crippen LogP contribution in [0.25, 0.3) is 0 Å². The Labute approximate surface area is 101 Å². The predicted octanol–water partition coefficient (Wildman–Crippen LogP) is 4.13. The normalized spacial score (nSPS) is 10.9. The third-order valence-electron chi connectivity index (χ3n) is 1.44. The van der Waals surface area contributed by atoms with E-state index in [1.165, 1.54) is 6.20 Å². The molecule has 0 unspecified atom stereocenters. The molecule has 13 heavy (non-hydrogen) atoms. The molecular formula is C7H4BrClF2IN. The summed E-state index contributed by atoms with van der Waals surface area (Å²) in [5, 5.41) is 0. The van der Waals surface area contributed by atoms with Gasteiger partial charge in [0.1, 0.15) is 0 Å². The molecule has 1 heterocycles. The molecule has 0 spiro atoms. The van der Waals surface area contributed by atoms with Crippen molar-refractivity contribution in [2.75, 3.05) is 0 Å². The van der Waals surface area contributed by atoms with E-state index in [9.17, 15) is 8.78 Å². The number of aromatic nitrogens is 1. The van der Waals surface area contributed by atoms with Gasteiger partial charge in [0.15, 0.2) is 0 Å².